The maximum Gasteiger partial charge on any atom is 0.187 e. The average molecular weight is 336 g/mol. The molecule has 5 atom stereocenters. The van der Waals surface area contributed by atoms with Gasteiger partial charge in [0.15, 0.2) is 11.4 Å². The predicted molar refractivity (Wildman–Crippen MR) is 98.8 cm³/mol. The van der Waals surface area contributed by atoms with Gasteiger partial charge in [-0.1, -0.05) is 26.0 Å². The summed E-state index contributed by atoms with van der Waals surface area (Å²) in [6.45, 7) is 13.5. The fourth-order valence-electron chi connectivity index (χ4n) is 5.37. The third-order valence-corrected chi connectivity index (χ3v) is 6.44. The van der Waals surface area contributed by atoms with Gasteiger partial charge in [0, 0.05) is 5.41 Å². The minimum absolute atomic E-state index is 0.183. The Balaban J connectivity index is 1.94. The molecule has 0 radical (unpaired) electrons. The Morgan fingerprint density at radius 1 is 1.24 bits per heavy atom. The summed E-state index contributed by atoms with van der Waals surface area (Å²) >= 11 is 0. The van der Waals surface area contributed by atoms with Crippen molar-refractivity contribution in [3.63, 3.8) is 0 Å². The van der Waals surface area contributed by atoms with E-state index in [0.717, 1.165) is 30.5 Å². The summed E-state index contributed by atoms with van der Waals surface area (Å²) in [4.78, 5) is 13.5. The fourth-order valence-corrected chi connectivity index (χ4v) is 5.37. The van der Waals surface area contributed by atoms with E-state index in [9.17, 15) is 5.11 Å². The van der Waals surface area contributed by atoms with E-state index in [4.69, 9.17) is 22.3 Å². The molecule has 2 unspecified atom stereocenters. The monoisotopic (exact) mass is 336 g/mol. The lowest BCUT2D eigenvalue weighted by Crippen LogP contribution is -2.49. The van der Waals surface area contributed by atoms with Gasteiger partial charge < -0.3 is 10.8 Å². The minimum Gasteiger partial charge on any atom is -0.393 e. The Hall–Kier alpha value is -2.19. The molecule has 0 bridgehead atoms. The number of benzene rings is 1. The standard InChI is InChI=1S/C20H24N4O/c1-11-8-19(9-12(2)17(11)25)10-14-5-6-15(22-4)7-16(14)20(19)23-13(3)18(21)24-20/h5-7,11-12,17,25H,8-10H2,1-3H3,(H2,21,24)/t11-,12+,17?,19?,20-/m0/s1. The molecule has 130 valence electrons. The van der Waals surface area contributed by atoms with Gasteiger partial charge in [0.25, 0.3) is 0 Å². The molecule has 2 spiro atoms. The SMILES string of the molecule is [C-]#[N+]c1ccc2c(c1)[C@@]1(N=C(C)C(N)=N1)C1(C2)C[C@@H](C)C(O)[C@@H](C)C1. The number of hydrogen-bond donors (Lipinski definition) is 2. The first-order valence-electron chi connectivity index (χ1n) is 8.93. The van der Waals surface area contributed by atoms with Crippen molar-refractivity contribution in [1.29, 1.82) is 0 Å². The maximum atomic E-state index is 10.5. The van der Waals surface area contributed by atoms with Gasteiger partial charge in [0.05, 0.1) is 18.4 Å². The van der Waals surface area contributed by atoms with Gasteiger partial charge in [-0.05, 0) is 55.2 Å². The molecule has 0 saturated heterocycles. The summed E-state index contributed by atoms with van der Waals surface area (Å²) in [5, 5.41) is 10.5. The molecule has 2 aliphatic carbocycles. The Morgan fingerprint density at radius 3 is 2.48 bits per heavy atom. The molecule has 1 aromatic carbocycles. The molecule has 1 saturated carbocycles. The van der Waals surface area contributed by atoms with E-state index in [2.05, 4.69) is 24.8 Å². The van der Waals surface area contributed by atoms with E-state index in [1.54, 1.807) is 0 Å². The number of aliphatic hydroxyl groups is 1. The zero-order valence-corrected chi connectivity index (χ0v) is 15.0. The lowest BCUT2D eigenvalue weighted by Gasteiger charge is -2.49. The second-order valence-corrected chi connectivity index (χ2v) is 8.13. The smallest absolute Gasteiger partial charge is 0.187 e. The summed E-state index contributed by atoms with van der Waals surface area (Å²) in [6, 6.07) is 5.87. The maximum absolute atomic E-state index is 10.5. The molecule has 1 fully saturated rings. The first-order valence-corrected chi connectivity index (χ1v) is 8.93. The zero-order chi connectivity index (χ0) is 18.0. The number of aliphatic imine (C=N–C) groups is 2. The lowest BCUT2D eigenvalue weighted by molar-refractivity contribution is -0.0529. The number of amidine groups is 1. The normalized spacial score (nSPS) is 39.2. The van der Waals surface area contributed by atoms with Gasteiger partial charge in [0.1, 0.15) is 5.84 Å². The number of nitrogens with two attached hydrogens (primary N) is 1. The second-order valence-electron chi connectivity index (χ2n) is 8.13. The van der Waals surface area contributed by atoms with Crippen molar-refractivity contribution >= 4 is 17.2 Å². The molecule has 1 aromatic rings. The van der Waals surface area contributed by atoms with Crippen LogP contribution in [0.25, 0.3) is 4.85 Å². The first-order chi connectivity index (χ1) is 11.8. The van der Waals surface area contributed by atoms with E-state index >= 15 is 0 Å². The molecule has 3 N–H and O–H groups in total. The van der Waals surface area contributed by atoms with Gasteiger partial charge in [0.2, 0.25) is 0 Å². The van der Waals surface area contributed by atoms with Crippen LogP contribution in [-0.2, 0) is 12.1 Å². The Morgan fingerprint density at radius 2 is 1.92 bits per heavy atom. The third-order valence-electron chi connectivity index (χ3n) is 6.44. The molecule has 3 aliphatic rings. The Bertz CT molecular complexity index is 818. The molecule has 1 heterocycles. The zero-order valence-electron chi connectivity index (χ0n) is 15.0. The summed E-state index contributed by atoms with van der Waals surface area (Å²) < 4.78 is 0. The molecule has 1 aliphatic heterocycles. The minimum atomic E-state index is -0.736. The molecular weight excluding hydrogens is 312 g/mol. The van der Waals surface area contributed by atoms with Crippen molar-refractivity contribution in [3.05, 3.63) is 40.7 Å². The first kappa shape index (κ1) is 16.3. The van der Waals surface area contributed by atoms with Gasteiger partial charge >= 0.3 is 0 Å². The summed E-state index contributed by atoms with van der Waals surface area (Å²) in [5.41, 5.74) is 8.85. The van der Waals surface area contributed by atoms with Crippen LogP contribution in [0, 0.1) is 23.8 Å². The number of hydrogen-bond acceptors (Lipinski definition) is 4. The summed E-state index contributed by atoms with van der Waals surface area (Å²) in [7, 11) is 0. The highest BCUT2D eigenvalue weighted by Gasteiger charge is 2.62. The molecular formula is C20H24N4O. The van der Waals surface area contributed by atoms with Crippen molar-refractivity contribution in [1.82, 2.24) is 0 Å². The van der Waals surface area contributed by atoms with Crippen LogP contribution in [0.3, 0.4) is 0 Å². The van der Waals surface area contributed by atoms with Crippen LogP contribution in [0.2, 0.25) is 0 Å². The second kappa shape index (κ2) is 5.15. The molecule has 25 heavy (non-hydrogen) atoms. The Kier molecular flexibility index (Phi) is 3.36. The quantitative estimate of drug-likeness (QED) is 0.714. The van der Waals surface area contributed by atoms with Crippen molar-refractivity contribution in [2.75, 3.05) is 0 Å². The van der Waals surface area contributed by atoms with E-state index < -0.39 is 5.66 Å². The summed E-state index contributed by atoms with van der Waals surface area (Å²) in [5.74, 6) is 0.859. The number of aliphatic hydroxyl groups excluding tert-OH is 1. The number of nitrogens with zero attached hydrogens (tertiary/aromatic N) is 3. The van der Waals surface area contributed by atoms with E-state index in [0.29, 0.717) is 11.5 Å². The third kappa shape index (κ3) is 2.04. The van der Waals surface area contributed by atoms with E-state index in [-0.39, 0.29) is 23.4 Å². The molecule has 0 aromatic heterocycles. The average Bonchev–Trinajstić information content (AvgIpc) is 3.00. The van der Waals surface area contributed by atoms with Crippen molar-refractivity contribution in [3.8, 4) is 0 Å². The largest absolute Gasteiger partial charge is 0.393 e. The molecule has 0 amide bonds. The van der Waals surface area contributed by atoms with Crippen LogP contribution in [-0.4, -0.2) is 22.8 Å². The van der Waals surface area contributed by atoms with E-state index in [1.807, 2.05) is 19.1 Å². The van der Waals surface area contributed by atoms with Crippen molar-refractivity contribution in [2.24, 2.45) is 33.0 Å². The van der Waals surface area contributed by atoms with Crippen LogP contribution in [0.4, 0.5) is 5.69 Å². The highest BCUT2D eigenvalue weighted by Crippen LogP contribution is 2.63. The highest BCUT2D eigenvalue weighted by molar-refractivity contribution is 6.41. The molecule has 5 nitrogen and oxygen atoms in total. The van der Waals surface area contributed by atoms with Crippen molar-refractivity contribution < 1.29 is 5.11 Å². The van der Waals surface area contributed by atoms with Crippen LogP contribution < -0.4 is 5.73 Å². The highest BCUT2D eigenvalue weighted by atomic mass is 16.3. The molecule has 4 rings (SSSR count). The van der Waals surface area contributed by atoms with E-state index in [1.165, 1.54) is 5.56 Å². The number of fused-ring (bicyclic) bond motifs is 3. The number of rotatable bonds is 0. The van der Waals surface area contributed by atoms with Gasteiger partial charge in [-0.25, -0.2) is 9.84 Å². The van der Waals surface area contributed by atoms with Crippen molar-refractivity contribution in [2.45, 2.75) is 51.8 Å². The fraction of sp³-hybridized carbons (Fsp3) is 0.550. The van der Waals surface area contributed by atoms with Gasteiger partial charge in [-0.3, -0.25) is 4.99 Å². The lowest BCUT2D eigenvalue weighted by atomic mass is 9.59. The van der Waals surface area contributed by atoms with Crippen LogP contribution in [0.1, 0.15) is 44.7 Å². The van der Waals surface area contributed by atoms with Gasteiger partial charge in [-0.15, -0.1) is 0 Å². The van der Waals surface area contributed by atoms with Crippen LogP contribution >= 0.6 is 0 Å². The van der Waals surface area contributed by atoms with Crippen LogP contribution in [0.15, 0.2) is 28.2 Å². The summed E-state index contributed by atoms with van der Waals surface area (Å²) in [6.07, 6.45) is 2.29. The molecule has 5 heteroatoms. The predicted octanol–water partition coefficient (Wildman–Crippen LogP) is 3.19. The Labute approximate surface area is 148 Å². The topological polar surface area (TPSA) is 75.3 Å². The van der Waals surface area contributed by atoms with Gasteiger partial charge in [-0.2, -0.15) is 0 Å². The van der Waals surface area contributed by atoms with Crippen LogP contribution in [0.5, 0.6) is 0 Å².